The third-order valence-electron chi connectivity index (χ3n) is 3.54. The number of hydrogen-bond donors (Lipinski definition) is 1. The van der Waals surface area contributed by atoms with Gasteiger partial charge in [-0.15, -0.1) is 0 Å². The van der Waals surface area contributed by atoms with E-state index >= 15 is 0 Å². The molecule has 3 rings (SSSR count). The molecule has 26 heavy (non-hydrogen) atoms. The number of nitrogens with zero attached hydrogens (tertiary/aromatic N) is 2. The molecule has 0 spiro atoms. The van der Waals surface area contributed by atoms with Crippen molar-refractivity contribution in [1.82, 2.24) is 9.97 Å². The van der Waals surface area contributed by atoms with E-state index in [1.165, 1.54) is 19.2 Å². The fraction of sp³-hybridized carbons (Fsp3) is 0.111. The minimum absolute atomic E-state index is 0.276. The summed E-state index contributed by atoms with van der Waals surface area (Å²) in [7, 11) is 0. The van der Waals surface area contributed by atoms with E-state index in [-0.39, 0.29) is 5.56 Å². The van der Waals surface area contributed by atoms with Gasteiger partial charge in [0.1, 0.15) is 0 Å². The molecule has 0 saturated heterocycles. The molecule has 1 amide bonds. The topological polar surface area (TPSA) is 81.2 Å². The highest BCUT2D eigenvalue weighted by Crippen LogP contribution is 2.25. The van der Waals surface area contributed by atoms with E-state index in [2.05, 4.69) is 15.3 Å². The number of amides is 1. The standard InChI is InChI=1S/C18H13Cl2N3O3/c1-10(17(24)23-15-9-12(19)3-4-13(15)20)26-18(25)11-2-5-14-16(8-11)22-7-6-21-14/h2-10H,1H3,(H,23,24)/t10-/m1/s1. The van der Waals surface area contributed by atoms with Crippen molar-refractivity contribution in [2.45, 2.75) is 13.0 Å². The van der Waals surface area contributed by atoms with Crippen LogP contribution in [0.25, 0.3) is 11.0 Å². The molecule has 132 valence electrons. The Bertz CT molecular complexity index is 994. The Kier molecular flexibility index (Phi) is 5.35. The molecule has 8 heteroatoms. The van der Waals surface area contributed by atoms with Gasteiger partial charge in [-0.05, 0) is 43.3 Å². The van der Waals surface area contributed by atoms with Gasteiger partial charge in [-0.1, -0.05) is 23.2 Å². The summed E-state index contributed by atoms with van der Waals surface area (Å²) in [4.78, 5) is 32.8. The minimum atomic E-state index is -1.03. The third kappa shape index (κ3) is 4.09. The summed E-state index contributed by atoms with van der Waals surface area (Å²) in [6, 6.07) is 9.46. The van der Waals surface area contributed by atoms with Crippen LogP contribution < -0.4 is 5.32 Å². The maximum absolute atomic E-state index is 12.3. The Hall–Kier alpha value is -2.70. The molecule has 0 unspecified atom stereocenters. The Morgan fingerprint density at radius 1 is 1.04 bits per heavy atom. The van der Waals surface area contributed by atoms with Crippen molar-refractivity contribution in [2.75, 3.05) is 5.32 Å². The number of ether oxygens (including phenoxy) is 1. The number of fused-ring (bicyclic) bond motifs is 1. The number of hydrogen-bond acceptors (Lipinski definition) is 5. The quantitative estimate of drug-likeness (QED) is 0.678. The molecule has 0 aliphatic rings. The van der Waals surface area contributed by atoms with E-state index in [1.807, 2.05) is 0 Å². The predicted octanol–water partition coefficient (Wildman–Crippen LogP) is 4.12. The summed E-state index contributed by atoms with van der Waals surface area (Å²) < 4.78 is 5.21. The van der Waals surface area contributed by atoms with Crippen molar-refractivity contribution < 1.29 is 14.3 Å². The SMILES string of the molecule is C[C@@H](OC(=O)c1ccc2nccnc2c1)C(=O)Nc1cc(Cl)ccc1Cl. The number of benzene rings is 2. The lowest BCUT2D eigenvalue weighted by Crippen LogP contribution is -2.30. The van der Waals surface area contributed by atoms with Crippen LogP contribution in [-0.4, -0.2) is 27.9 Å². The summed E-state index contributed by atoms with van der Waals surface area (Å²) in [5.74, 6) is -1.17. The van der Waals surface area contributed by atoms with E-state index in [0.717, 1.165) is 0 Å². The lowest BCUT2D eigenvalue weighted by Gasteiger charge is -2.14. The third-order valence-corrected chi connectivity index (χ3v) is 4.11. The summed E-state index contributed by atoms with van der Waals surface area (Å²) in [6.07, 6.45) is 2.06. The average molecular weight is 390 g/mol. The highest BCUT2D eigenvalue weighted by atomic mass is 35.5. The number of rotatable bonds is 4. The lowest BCUT2D eigenvalue weighted by atomic mass is 10.2. The summed E-state index contributed by atoms with van der Waals surface area (Å²) in [6.45, 7) is 1.46. The van der Waals surface area contributed by atoms with Crippen LogP contribution >= 0.6 is 23.2 Å². The van der Waals surface area contributed by atoms with E-state index in [9.17, 15) is 9.59 Å². The number of nitrogens with one attached hydrogen (secondary N) is 1. The first kappa shape index (κ1) is 18.1. The number of carbonyl (C=O) groups is 2. The highest BCUT2D eigenvalue weighted by Gasteiger charge is 2.20. The van der Waals surface area contributed by atoms with Crippen molar-refractivity contribution in [3.8, 4) is 0 Å². The van der Waals surface area contributed by atoms with E-state index < -0.39 is 18.0 Å². The van der Waals surface area contributed by atoms with Crippen molar-refractivity contribution in [2.24, 2.45) is 0 Å². The van der Waals surface area contributed by atoms with Gasteiger partial charge in [0.25, 0.3) is 5.91 Å². The molecule has 0 bridgehead atoms. The van der Waals surface area contributed by atoms with E-state index in [4.69, 9.17) is 27.9 Å². The molecule has 1 aromatic heterocycles. The van der Waals surface area contributed by atoms with Crippen molar-refractivity contribution in [3.63, 3.8) is 0 Å². The molecule has 1 heterocycles. The second kappa shape index (κ2) is 7.68. The van der Waals surface area contributed by atoms with Crippen LogP contribution in [0.1, 0.15) is 17.3 Å². The number of anilines is 1. The molecule has 0 aliphatic heterocycles. The highest BCUT2D eigenvalue weighted by molar-refractivity contribution is 6.35. The number of carbonyl (C=O) groups excluding carboxylic acids is 2. The van der Waals surface area contributed by atoms with Crippen LogP contribution in [0.5, 0.6) is 0 Å². The predicted molar refractivity (Wildman–Crippen MR) is 99.5 cm³/mol. The van der Waals surface area contributed by atoms with Gasteiger partial charge in [-0.2, -0.15) is 0 Å². The molecule has 0 aliphatic carbocycles. The molecular formula is C18H13Cl2N3O3. The fourth-order valence-electron chi connectivity index (χ4n) is 2.20. The summed E-state index contributed by atoms with van der Waals surface area (Å²) in [5.41, 5.74) is 1.83. The van der Waals surface area contributed by atoms with Crippen LogP contribution in [0, 0.1) is 0 Å². The minimum Gasteiger partial charge on any atom is -0.449 e. The van der Waals surface area contributed by atoms with Gasteiger partial charge in [-0.3, -0.25) is 14.8 Å². The van der Waals surface area contributed by atoms with E-state index in [1.54, 1.807) is 36.5 Å². The van der Waals surface area contributed by atoms with Gasteiger partial charge in [0.15, 0.2) is 6.10 Å². The normalized spacial score (nSPS) is 11.8. The molecule has 0 fully saturated rings. The van der Waals surface area contributed by atoms with Crippen molar-refractivity contribution in [1.29, 1.82) is 0 Å². The van der Waals surface area contributed by atoms with Gasteiger partial charge in [-0.25, -0.2) is 4.79 Å². The van der Waals surface area contributed by atoms with Crippen molar-refractivity contribution >= 4 is 51.8 Å². The number of halogens is 2. The Morgan fingerprint density at radius 2 is 1.77 bits per heavy atom. The molecule has 3 aromatic rings. The van der Waals surface area contributed by atoms with Crippen molar-refractivity contribution in [3.05, 3.63) is 64.4 Å². The largest absolute Gasteiger partial charge is 0.449 e. The monoisotopic (exact) mass is 389 g/mol. The Labute approximate surface area is 159 Å². The maximum Gasteiger partial charge on any atom is 0.338 e. The zero-order valence-corrected chi connectivity index (χ0v) is 15.1. The molecule has 0 saturated carbocycles. The summed E-state index contributed by atoms with van der Waals surface area (Å²) >= 11 is 11.9. The van der Waals surface area contributed by atoms with Crippen LogP contribution in [0.3, 0.4) is 0 Å². The van der Waals surface area contributed by atoms with Gasteiger partial charge in [0.05, 0.1) is 27.3 Å². The molecule has 2 aromatic carbocycles. The number of aromatic nitrogens is 2. The fourth-order valence-corrected chi connectivity index (χ4v) is 2.54. The second-order valence-electron chi connectivity index (χ2n) is 5.42. The zero-order chi connectivity index (χ0) is 18.7. The van der Waals surface area contributed by atoms with Gasteiger partial charge < -0.3 is 10.1 Å². The maximum atomic E-state index is 12.3. The lowest BCUT2D eigenvalue weighted by molar-refractivity contribution is -0.123. The van der Waals surface area contributed by atoms with Crippen LogP contribution in [0.4, 0.5) is 5.69 Å². The van der Waals surface area contributed by atoms with Crippen LogP contribution in [0.15, 0.2) is 48.8 Å². The molecule has 1 atom stereocenters. The number of esters is 1. The van der Waals surface area contributed by atoms with Gasteiger partial charge in [0, 0.05) is 17.4 Å². The second-order valence-corrected chi connectivity index (χ2v) is 6.26. The zero-order valence-electron chi connectivity index (χ0n) is 13.6. The van der Waals surface area contributed by atoms with Gasteiger partial charge in [0.2, 0.25) is 0 Å². The Balaban J connectivity index is 1.69. The van der Waals surface area contributed by atoms with E-state index in [0.29, 0.717) is 26.8 Å². The summed E-state index contributed by atoms with van der Waals surface area (Å²) in [5, 5.41) is 3.33. The molecule has 6 nitrogen and oxygen atoms in total. The average Bonchev–Trinajstić information content (AvgIpc) is 2.64. The van der Waals surface area contributed by atoms with Crippen LogP contribution in [0.2, 0.25) is 10.0 Å². The first-order valence-corrected chi connectivity index (χ1v) is 8.37. The smallest absolute Gasteiger partial charge is 0.338 e. The first-order valence-electron chi connectivity index (χ1n) is 7.62. The van der Waals surface area contributed by atoms with Crippen LogP contribution in [-0.2, 0) is 9.53 Å². The first-order chi connectivity index (χ1) is 12.4. The van der Waals surface area contributed by atoms with Gasteiger partial charge >= 0.3 is 5.97 Å². The molecular weight excluding hydrogens is 377 g/mol. The molecule has 0 radical (unpaired) electrons. The molecule has 1 N–H and O–H groups in total. The Morgan fingerprint density at radius 3 is 2.54 bits per heavy atom.